The van der Waals surface area contributed by atoms with Gasteiger partial charge < -0.3 is 20.5 Å². The minimum absolute atomic E-state index is 0.0482. The van der Waals surface area contributed by atoms with Crippen LogP contribution >= 0.6 is 0 Å². The third-order valence-electron chi connectivity index (χ3n) is 3.12. The average Bonchev–Trinajstić information content (AvgIpc) is 2.28. The van der Waals surface area contributed by atoms with Crippen LogP contribution in [0.25, 0.3) is 0 Å². The Labute approximate surface area is 102 Å². The molecule has 0 aromatic heterocycles. The van der Waals surface area contributed by atoms with Crippen LogP contribution in [0.2, 0.25) is 0 Å². The van der Waals surface area contributed by atoms with E-state index in [-0.39, 0.29) is 18.8 Å². The van der Waals surface area contributed by atoms with Crippen LogP contribution < -0.4 is 10.6 Å². The van der Waals surface area contributed by atoms with Crippen LogP contribution in [0.5, 0.6) is 0 Å². The third-order valence-corrected chi connectivity index (χ3v) is 3.12. The zero-order valence-electron chi connectivity index (χ0n) is 10.4. The van der Waals surface area contributed by atoms with Crippen molar-refractivity contribution < 1.29 is 9.84 Å². The molecule has 3 N–H and O–H groups in total. The SMILES string of the molecule is Cc1cccc(N)c1N1CC(C)OC(CO)C1. The summed E-state index contributed by atoms with van der Waals surface area (Å²) in [5.41, 5.74) is 9.06. The smallest absolute Gasteiger partial charge is 0.0984 e. The largest absolute Gasteiger partial charge is 0.397 e. The molecule has 4 heteroatoms. The number of hydrogen-bond donors (Lipinski definition) is 2. The van der Waals surface area contributed by atoms with Crippen molar-refractivity contribution in [2.24, 2.45) is 0 Å². The number of nitrogens with two attached hydrogens (primary N) is 1. The van der Waals surface area contributed by atoms with E-state index in [1.807, 2.05) is 19.1 Å². The van der Waals surface area contributed by atoms with Crippen molar-refractivity contribution in [1.29, 1.82) is 0 Å². The van der Waals surface area contributed by atoms with Gasteiger partial charge in [-0.05, 0) is 25.5 Å². The molecule has 0 bridgehead atoms. The van der Waals surface area contributed by atoms with Crippen LogP contribution in [0.15, 0.2) is 18.2 Å². The fourth-order valence-corrected chi connectivity index (χ4v) is 2.44. The number of rotatable bonds is 2. The van der Waals surface area contributed by atoms with Gasteiger partial charge in [0.2, 0.25) is 0 Å². The molecule has 1 saturated heterocycles. The predicted octanol–water partition coefficient (Wildman–Crippen LogP) is 1.16. The Bertz CT molecular complexity index is 375. The molecule has 0 radical (unpaired) electrons. The maximum absolute atomic E-state index is 9.23. The van der Waals surface area contributed by atoms with E-state index in [2.05, 4.69) is 17.9 Å². The molecule has 4 nitrogen and oxygen atoms in total. The van der Waals surface area contributed by atoms with Gasteiger partial charge in [0.15, 0.2) is 0 Å². The van der Waals surface area contributed by atoms with Gasteiger partial charge in [-0.15, -0.1) is 0 Å². The Morgan fingerprint density at radius 3 is 2.88 bits per heavy atom. The molecule has 1 heterocycles. The summed E-state index contributed by atoms with van der Waals surface area (Å²) < 4.78 is 5.63. The summed E-state index contributed by atoms with van der Waals surface area (Å²) in [4.78, 5) is 2.21. The molecule has 1 aromatic rings. The Balaban J connectivity index is 2.26. The maximum atomic E-state index is 9.23. The zero-order valence-corrected chi connectivity index (χ0v) is 10.4. The Morgan fingerprint density at radius 2 is 2.24 bits per heavy atom. The highest BCUT2D eigenvalue weighted by atomic mass is 16.5. The Morgan fingerprint density at radius 1 is 1.47 bits per heavy atom. The predicted molar refractivity (Wildman–Crippen MR) is 69.2 cm³/mol. The lowest BCUT2D eigenvalue weighted by Crippen LogP contribution is -2.48. The minimum Gasteiger partial charge on any atom is -0.397 e. The fraction of sp³-hybridized carbons (Fsp3) is 0.538. The van der Waals surface area contributed by atoms with Crippen molar-refractivity contribution in [2.75, 3.05) is 30.3 Å². The monoisotopic (exact) mass is 236 g/mol. The maximum Gasteiger partial charge on any atom is 0.0984 e. The van der Waals surface area contributed by atoms with Crippen LogP contribution in [0.4, 0.5) is 11.4 Å². The highest BCUT2D eigenvalue weighted by molar-refractivity contribution is 5.71. The van der Waals surface area contributed by atoms with E-state index in [0.29, 0.717) is 6.54 Å². The summed E-state index contributed by atoms with van der Waals surface area (Å²) in [5.74, 6) is 0. The third kappa shape index (κ3) is 2.53. The van der Waals surface area contributed by atoms with E-state index in [4.69, 9.17) is 10.5 Å². The average molecular weight is 236 g/mol. The van der Waals surface area contributed by atoms with Crippen molar-refractivity contribution in [3.8, 4) is 0 Å². The number of aliphatic hydroxyl groups excluding tert-OH is 1. The number of hydrogen-bond acceptors (Lipinski definition) is 4. The van der Waals surface area contributed by atoms with Gasteiger partial charge in [0.05, 0.1) is 30.2 Å². The standard InChI is InChI=1S/C13H20N2O2/c1-9-4-3-5-12(14)13(9)15-6-10(2)17-11(7-15)8-16/h3-5,10-11,16H,6-8,14H2,1-2H3. The number of benzene rings is 1. The summed E-state index contributed by atoms with van der Waals surface area (Å²) in [6.07, 6.45) is -0.0161. The van der Waals surface area contributed by atoms with Gasteiger partial charge in [0.25, 0.3) is 0 Å². The van der Waals surface area contributed by atoms with Crippen molar-refractivity contribution in [3.63, 3.8) is 0 Å². The number of nitrogens with zero attached hydrogens (tertiary/aromatic N) is 1. The topological polar surface area (TPSA) is 58.7 Å². The number of para-hydroxylation sites is 1. The highest BCUT2D eigenvalue weighted by Crippen LogP contribution is 2.29. The second-order valence-electron chi connectivity index (χ2n) is 4.67. The first kappa shape index (κ1) is 12.2. The van der Waals surface area contributed by atoms with Crippen LogP contribution in [-0.4, -0.2) is 37.0 Å². The molecule has 1 fully saturated rings. The summed E-state index contributed by atoms with van der Waals surface area (Å²) in [7, 11) is 0. The summed E-state index contributed by atoms with van der Waals surface area (Å²) in [5, 5.41) is 9.23. The van der Waals surface area contributed by atoms with Crippen LogP contribution in [0, 0.1) is 6.92 Å². The molecular weight excluding hydrogens is 216 g/mol. The molecule has 1 aliphatic heterocycles. The Hall–Kier alpha value is -1.26. The molecule has 0 aliphatic carbocycles. The van der Waals surface area contributed by atoms with E-state index in [0.717, 1.165) is 23.5 Å². The van der Waals surface area contributed by atoms with Crippen molar-refractivity contribution >= 4 is 11.4 Å². The van der Waals surface area contributed by atoms with Gasteiger partial charge in [-0.25, -0.2) is 0 Å². The molecular formula is C13H20N2O2. The lowest BCUT2D eigenvalue weighted by atomic mass is 10.1. The lowest BCUT2D eigenvalue weighted by Gasteiger charge is -2.38. The summed E-state index contributed by atoms with van der Waals surface area (Å²) >= 11 is 0. The van der Waals surface area contributed by atoms with Gasteiger partial charge in [-0.3, -0.25) is 0 Å². The molecule has 17 heavy (non-hydrogen) atoms. The minimum atomic E-state index is -0.127. The van der Waals surface area contributed by atoms with E-state index in [1.165, 1.54) is 0 Å². The molecule has 2 atom stereocenters. The molecule has 2 unspecified atom stereocenters. The van der Waals surface area contributed by atoms with Gasteiger partial charge in [0.1, 0.15) is 0 Å². The van der Waals surface area contributed by atoms with Crippen molar-refractivity contribution in [2.45, 2.75) is 26.1 Å². The van der Waals surface area contributed by atoms with E-state index < -0.39 is 0 Å². The van der Waals surface area contributed by atoms with Gasteiger partial charge >= 0.3 is 0 Å². The van der Waals surface area contributed by atoms with Crippen LogP contribution in [-0.2, 0) is 4.74 Å². The first-order valence-corrected chi connectivity index (χ1v) is 5.98. The lowest BCUT2D eigenvalue weighted by molar-refractivity contribution is -0.0420. The van der Waals surface area contributed by atoms with Gasteiger partial charge in [-0.1, -0.05) is 12.1 Å². The molecule has 0 saturated carbocycles. The van der Waals surface area contributed by atoms with E-state index in [1.54, 1.807) is 0 Å². The normalized spacial score (nSPS) is 25.0. The second kappa shape index (κ2) is 4.94. The number of morpholine rings is 1. The Kier molecular flexibility index (Phi) is 3.54. The number of ether oxygens (including phenoxy) is 1. The molecule has 0 amide bonds. The first-order valence-electron chi connectivity index (χ1n) is 5.98. The quantitative estimate of drug-likeness (QED) is 0.757. The first-order chi connectivity index (χ1) is 8.11. The second-order valence-corrected chi connectivity index (χ2v) is 4.67. The molecule has 0 spiro atoms. The highest BCUT2D eigenvalue weighted by Gasteiger charge is 2.26. The van der Waals surface area contributed by atoms with Crippen LogP contribution in [0.1, 0.15) is 12.5 Å². The van der Waals surface area contributed by atoms with Gasteiger partial charge in [-0.2, -0.15) is 0 Å². The number of nitrogen functional groups attached to an aromatic ring is 1. The van der Waals surface area contributed by atoms with Crippen molar-refractivity contribution in [3.05, 3.63) is 23.8 Å². The molecule has 1 aromatic carbocycles. The van der Waals surface area contributed by atoms with E-state index in [9.17, 15) is 5.11 Å². The number of anilines is 2. The zero-order chi connectivity index (χ0) is 12.4. The van der Waals surface area contributed by atoms with Gasteiger partial charge in [0, 0.05) is 13.1 Å². The number of aryl methyl sites for hydroxylation is 1. The summed E-state index contributed by atoms with van der Waals surface area (Å²) in [6.45, 7) is 5.62. The number of aliphatic hydroxyl groups is 1. The molecule has 1 aliphatic rings. The molecule has 2 rings (SSSR count). The van der Waals surface area contributed by atoms with Crippen LogP contribution in [0.3, 0.4) is 0 Å². The molecule has 94 valence electrons. The van der Waals surface area contributed by atoms with Crippen molar-refractivity contribution in [1.82, 2.24) is 0 Å². The summed E-state index contributed by atoms with van der Waals surface area (Å²) in [6, 6.07) is 5.93. The van der Waals surface area contributed by atoms with E-state index >= 15 is 0 Å². The fourth-order valence-electron chi connectivity index (χ4n) is 2.44.